The quantitative estimate of drug-likeness (QED) is 0.480. The number of carbonyl (C=O) groups is 2. The van der Waals surface area contributed by atoms with E-state index in [1.165, 1.54) is 12.3 Å². The lowest BCUT2D eigenvalue weighted by Crippen LogP contribution is -2.35. The Labute approximate surface area is 220 Å². The van der Waals surface area contributed by atoms with Crippen LogP contribution in [-0.4, -0.2) is 48.0 Å². The van der Waals surface area contributed by atoms with Gasteiger partial charge in [-0.3, -0.25) is 4.79 Å². The number of nitrogens with one attached hydrogen (secondary N) is 2. The first-order valence-corrected chi connectivity index (χ1v) is 13.1. The van der Waals surface area contributed by atoms with Crippen molar-refractivity contribution in [2.75, 3.05) is 19.7 Å². The van der Waals surface area contributed by atoms with Gasteiger partial charge in [0, 0.05) is 30.4 Å². The molecule has 1 aliphatic heterocycles. The fraction of sp³-hybridized carbons (Fsp3) is 0.536. The zero-order chi connectivity index (χ0) is 27.6. The number of hydrogen-bond acceptors (Lipinski definition) is 6. The molecule has 0 spiro atoms. The van der Waals surface area contributed by atoms with Crippen molar-refractivity contribution in [2.24, 2.45) is 5.92 Å². The summed E-state index contributed by atoms with van der Waals surface area (Å²) in [6.07, 6.45) is 7.20. The Bertz CT molecular complexity index is 1310. The minimum atomic E-state index is -1.15. The molecule has 10 heteroatoms. The van der Waals surface area contributed by atoms with Crippen molar-refractivity contribution >= 4 is 29.0 Å². The fourth-order valence-corrected chi connectivity index (χ4v) is 4.77. The number of halogens is 2. The molecule has 1 saturated heterocycles. The van der Waals surface area contributed by atoms with Crippen molar-refractivity contribution in [3.8, 4) is 0 Å². The first kappa shape index (κ1) is 27.8. The molecule has 1 aromatic carbocycles. The van der Waals surface area contributed by atoms with Crippen LogP contribution >= 0.6 is 0 Å². The van der Waals surface area contributed by atoms with Gasteiger partial charge in [-0.25, -0.2) is 18.4 Å². The monoisotopic (exact) mass is 531 g/mol. The number of carbonyl (C=O) groups excluding carboxylic acids is 2. The summed E-state index contributed by atoms with van der Waals surface area (Å²) in [5, 5.41) is 6.13. The Morgan fingerprint density at radius 1 is 1.26 bits per heavy atom. The number of hydrogen-bond donors (Lipinski definition) is 2. The van der Waals surface area contributed by atoms with E-state index in [1.807, 2.05) is 0 Å². The first-order chi connectivity index (χ1) is 18.0. The normalized spacial score (nSPS) is 19.7. The van der Waals surface area contributed by atoms with E-state index in [2.05, 4.69) is 10.6 Å². The topological polar surface area (TPSA) is 98.7 Å². The Morgan fingerprint density at radius 3 is 2.66 bits per heavy atom. The van der Waals surface area contributed by atoms with Gasteiger partial charge in [0.05, 0.1) is 17.5 Å². The van der Waals surface area contributed by atoms with Crippen LogP contribution in [0.3, 0.4) is 0 Å². The maximum Gasteiger partial charge on any atom is 0.407 e. The molecule has 2 heterocycles. The van der Waals surface area contributed by atoms with Gasteiger partial charge in [0.1, 0.15) is 11.2 Å². The smallest absolute Gasteiger partial charge is 0.407 e. The third kappa shape index (κ3) is 6.40. The molecule has 206 valence electrons. The number of amides is 1. The second-order valence-electron chi connectivity index (χ2n) is 10.9. The predicted molar refractivity (Wildman–Crippen MR) is 140 cm³/mol. The van der Waals surface area contributed by atoms with Crippen molar-refractivity contribution in [1.82, 2.24) is 15.2 Å². The second-order valence-corrected chi connectivity index (χ2v) is 10.9. The molecule has 38 heavy (non-hydrogen) atoms. The van der Waals surface area contributed by atoms with Gasteiger partial charge in [-0.15, -0.1) is 0 Å². The highest BCUT2D eigenvalue weighted by Gasteiger charge is 2.30. The number of nitrogens with zero attached hydrogens (tertiary/aromatic N) is 1. The summed E-state index contributed by atoms with van der Waals surface area (Å²) in [6.45, 7) is 8.33. The number of fused-ring (bicyclic) bond motifs is 1. The van der Waals surface area contributed by atoms with Crippen molar-refractivity contribution < 1.29 is 27.8 Å². The summed E-state index contributed by atoms with van der Waals surface area (Å²) >= 11 is 0. The minimum absolute atomic E-state index is 0.00184. The highest BCUT2D eigenvalue weighted by atomic mass is 19.2. The molecule has 2 unspecified atom stereocenters. The molecule has 1 amide bonds. The lowest BCUT2D eigenvalue weighted by atomic mass is 10.0. The van der Waals surface area contributed by atoms with Crippen molar-refractivity contribution in [2.45, 2.75) is 71.1 Å². The molecule has 2 N–H and O–H groups in total. The Balaban J connectivity index is 1.52. The molecule has 2 atom stereocenters. The molecule has 1 saturated carbocycles. The number of pyridine rings is 1. The Kier molecular flexibility index (Phi) is 8.20. The molecule has 1 aromatic heterocycles. The third-order valence-electron chi connectivity index (χ3n) is 6.63. The maximum atomic E-state index is 15.1. The Hall–Kier alpha value is -3.27. The van der Waals surface area contributed by atoms with E-state index in [0.29, 0.717) is 19.5 Å². The summed E-state index contributed by atoms with van der Waals surface area (Å²) in [5.74, 6) is -2.75. The van der Waals surface area contributed by atoms with Gasteiger partial charge >= 0.3 is 12.1 Å². The minimum Gasteiger partial charge on any atom is -0.462 e. The van der Waals surface area contributed by atoms with Crippen LogP contribution in [0.2, 0.25) is 0 Å². The van der Waals surface area contributed by atoms with Gasteiger partial charge in [0.2, 0.25) is 5.43 Å². The molecule has 4 rings (SSSR count). The molecule has 1 aliphatic carbocycles. The van der Waals surface area contributed by atoms with Crippen molar-refractivity contribution in [3.05, 3.63) is 51.3 Å². The van der Waals surface area contributed by atoms with Gasteiger partial charge in [0.25, 0.3) is 0 Å². The SMILES string of the molecule is CCOC(=O)c1cn(C2CC2)c2c(/C=C\CC3CC(CNC(=O)OC(C)(C)C)CN3)c(F)c(F)cc2c1=O. The number of alkyl carbamates (subject to hydrolysis) is 1. The molecule has 2 aromatic rings. The predicted octanol–water partition coefficient (Wildman–Crippen LogP) is 4.70. The van der Waals surface area contributed by atoms with Crippen molar-refractivity contribution in [1.29, 1.82) is 0 Å². The average Bonchev–Trinajstić information content (AvgIpc) is 3.58. The van der Waals surface area contributed by atoms with Gasteiger partial charge in [-0.2, -0.15) is 0 Å². The number of ether oxygens (including phenoxy) is 2. The molecular weight excluding hydrogens is 496 g/mol. The van der Waals surface area contributed by atoms with E-state index < -0.39 is 34.7 Å². The Morgan fingerprint density at radius 2 is 2.00 bits per heavy atom. The number of esters is 1. The molecule has 8 nitrogen and oxygen atoms in total. The summed E-state index contributed by atoms with van der Waals surface area (Å²) in [6, 6.07) is 0.964. The number of rotatable bonds is 8. The van der Waals surface area contributed by atoms with E-state index in [9.17, 15) is 18.8 Å². The van der Waals surface area contributed by atoms with Crippen LogP contribution < -0.4 is 16.1 Å². The highest BCUT2D eigenvalue weighted by molar-refractivity contribution is 5.96. The summed E-state index contributed by atoms with van der Waals surface area (Å²) in [5.41, 5.74) is -1.16. The van der Waals surface area contributed by atoms with Gasteiger partial charge in [0.15, 0.2) is 11.6 Å². The summed E-state index contributed by atoms with van der Waals surface area (Å²) in [4.78, 5) is 37.4. The highest BCUT2D eigenvalue weighted by Crippen LogP contribution is 2.39. The molecule has 2 fully saturated rings. The van der Waals surface area contributed by atoms with Crippen molar-refractivity contribution in [3.63, 3.8) is 0 Å². The van der Waals surface area contributed by atoms with Crippen LogP contribution in [0.5, 0.6) is 0 Å². The number of aromatic nitrogens is 1. The summed E-state index contributed by atoms with van der Waals surface area (Å²) in [7, 11) is 0. The molecule has 0 radical (unpaired) electrons. The molecule has 0 bridgehead atoms. The lowest BCUT2D eigenvalue weighted by Gasteiger charge is -2.20. The zero-order valence-electron chi connectivity index (χ0n) is 22.2. The zero-order valence-corrected chi connectivity index (χ0v) is 22.2. The van der Waals surface area contributed by atoms with E-state index in [-0.39, 0.29) is 46.6 Å². The van der Waals surface area contributed by atoms with Crippen LogP contribution in [0.1, 0.15) is 75.3 Å². The van der Waals surface area contributed by atoms with Crippen LogP contribution in [-0.2, 0) is 9.47 Å². The van der Waals surface area contributed by atoms with Gasteiger partial charge < -0.3 is 24.7 Å². The van der Waals surface area contributed by atoms with E-state index in [1.54, 1.807) is 38.3 Å². The van der Waals surface area contributed by atoms with Crippen LogP contribution in [0.25, 0.3) is 17.0 Å². The van der Waals surface area contributed by atoms with E-state index in [4.69, 9.17) is 9.47 Å². The molecular formula is C28H35F2N3O5. The standard InChI is InChI=1S/C28H35F2N3O5/c1-5-37-26(35)21-15-33(18-9-10-18)24-19(23(30)22(29)12-20(24)25(21)34)8-6-7-17-11-16(13-31-17)14-32-27(36)38-28(2,3)4/h6,8,12,15-18,31H,5,7,9-11,13-14H2,1-4H3,(H,32,36)/b8-6-. The van der Waals surface area contributed by atoms with Gasteiger partial charge in [-0.1, -0.05) is 12.2 Å². The largest absolute Gasteiger partial charge is 0.462 e. The van der Waals surface area contributed by atoms with E-state index in [0.717, 1.165) is 25.3 Å². The fourth-order valence-electron chi connectivity index (χ4n) is 4.77. The van der Waals surface area contributed by atoms with Crippen LogP contribution in [0.4, 0.5) is 13.6 Å². The van der Waals surface area contributed by atoms with Crippen LogP contribution in [0, 0.1) is 17.6 Å². The summed E-state index contributed by atoms with van der Waals surface area (Å²) < 4.78 is 41.7. The van der Waals surface area contributed by atoms with Gasteiger partial charge in [-0.05, 0) is 71.9 Å². The van der Waals surface area contributed by atoms with Crippen LogP contribution in [0.15, 0.2) is 23.1 Å². The lowest BCUT2D eigenvalue weighted by molar-refractivity contribution is 0.0511. The average molecular weight is 532 g/mol. The second kappa shape index (κ2) is 11.2. The van der Waals surface area contributed by atoms with E-state index >= 15 is 4.39 Å². The number of benzene rings is 1. The maximum absolute atomic E-state index is 15.1. The first-order valence-electron chi connectivity index (χ1n) is 13.1. The molecule has 2 aliphatic rings. The third-order valence-corrected chi connectivity index (χ3v) is 6.63.